The molecule has 1 aliphatic rings. The second-order valence-electron chi connectivity index (χ2n) is 4.23. The average Bonchev–Trinajstić information content (AvgIpc) is 2.83. The van der Waals surface area contributed by atoms with E-state index in [-0.39, 0.29) is 0 Å². The summed E-state index contributed by atoms with van der Waals surface area (Å²) >= 11 is 1.65. The van der Waals surface area contributed by atoms with Crippen molar-refractivity contribution in [3.05, 3.63) is 16.6 Å². The first-order valence-electron chi connectivity index (χ1n) is 5.68. The molecular weight excluding hydrogens is 222 g/mol. The SMILES string of the molecule is CC(c1cscn1)N(C)CC1CNCCO1. The van der Waals surface area contributed by atoms with Crippen LogP contribution in [0.4, 0.5) is 0 Å². The first kappa shape index (κ1) is 12.0. The smallest absolute Gasteiger partial charge is 0.0826 e. The van der Waals surface area contributed by atoms with Gasteiger partial charge in [0.1, 0.15) is 0 Å². The lowest BCUT2D eigenvalue weighted by molar-refractivity contribution is 0.00369. The monoisotopic (exact) mass is 241 g/mol. The van der Waals surface area contributed by atoms with Crippen molar-refractivity contribution in [3.8, 4) is 0 Å². The minimum Gasteiger partial charge on any atom is -0.374 e. The molecular formula is C11H19N3OS. The van der Waals surface area contributed by atoms with Gasteiger partial charge in [0.05, 0.1) is 23.9 Å². The zero-order valence-electron chi connectivity index (χ0n) is 9.85. The van der Waals surface area contributed by atoms with E-state index < -0.39 is 0 Å². The lowest BCUT2D eigenvalue weighted by Gasteiger charge is -2.30. The quantitative estimate of drug-likeness (QED) is 0.857. The van der Waals surface area contributed by atoms with E-state index in [1.54, 1.807) is 11.3 Å². The Hall–Kier alpha value is -0.490. The number of ether oxygens (including phenoxy) is 1. The van der Waals surface area contributed by atoms with Gasteiger partial charge in [0.2, 0.25) is 0 Å². The summed E-state index contributed by atoms with van der Waals surface area (Å²) in [4.78, 5) is 6.65. The van der Waals surface area contributed by atoms with Gasteiger partial charge in [0, 0.05) is 31.1 Å². The largest absolute Gasteiger partial charge is 0.374 e. The van der Waals surface area contributed by atoms with Crippen LogP contribution in [0.2, 0.25) is 0 Å². The van der Waals surface area contributed by atoms with Crippen LogP contribution in [0.25, 0.3) is 0 Å². The first-order valence-corrected chi connectivity index (χ1v) is 6.62. The van der Waals surface area contributed by atoms with Crippen molar-refractivity contribution in [2.45, 2.75) is 19.1 Å². The molecule has 2 heterocycles. The normalized spacial score (nSPS) is 23.6. The Labute approximate surface area is 101 Å². The topological polar surface area (TPSA) is 37.4 Å². The number of morpholine rings is 1. The van der Waals surface area contributed by atoms with E-state index in [9.17, 15) is 0 Å². The maximum Gasteiger partial charge on any atom is 0.0826 e. The minimum atomic E-state index is 0.305. The zero-order chi connectivity index (χ0) is 11.4. The second kappa shape index (κ2) is 5.72. The molecule has 0 amide bonds. The third-order valence-electron chi connectivity index (χ3n) is 3.04. The highest BCUT2D eigenvalue weighted by Gasteiger charge is 2.20. The van der Waals surface area contributed by atoms with E-state index in [1.165, 1.54) is 0 Å². The minimum absolute atomic E-state index is 0.305. The Bertz CT molecular complexity index is 298. The van der Waals surface area contributed by atoms with Gasteiger partial charge in [0.15, 0.2) is 0 Å². The van der Waals surface area contributed by atoms with Gasteiger partial charge in [-0.3, -0.25) is 4.90 Å². The zero-order valence-corrected chi connectivity index (χ0v) is 10.7. The molecule has 1 aliphatic heterocycles. The van der Waals surface area contributed by atoms with E-state index in [4.69, 9.17) is 4.74 Å². The molecule has 2 atom stereocenters. The van der Waals surface area contributed by atoms with Gasteiger partial charge in [-0.25, -0.2) is 4.98 Å². The summed E-state index contributed by atoms with van der Waals surface area (Å²) in [6, 6.07) is 0.358. The molecule has 2 rings (SSSR count). The van der Waals surface area contributed by atoms with E-state index in [0.29, 0.717) is 12.1 Å². The molecule has 16 heavy (non-hydrogen) atoms. The van der Waals surface area contributed by atoms with E-state index in [2.05, 4.69) is 34.6 Å². The van der Waals surface area contributed by atoms with Crippen LogP contribution in [-0.4, -0.2) is 49.3 Å². The van der Waals surface area contributed by atoms with Crippen molar-refractivity contribution in [2.75, 3.05) is 33.3 Å². The van der Waals surface area contributed by atoms with E-state index in [1.807, 2.05) is 5.51 Å². The van der Waals surface area contributed by atoms with Crippen LogP contribution in [0.3, 0.4) is 0 Å². The number of rotatable bonds is 4. The molecule has 1 N–H and O–H groups in total. The molecule has 0 radical (unpaired) electrons. The fourth-order valence-electron chi connectivity index (χ4n) is 1.87. The Balaban J connectivity index is 1.84. The predicted molar refractivity (Wildman–Crippen MR) is 65.8 cm³/mol. The van der Waals surface area contributed by atoms with Crippen molar-refractivity contribution < 1.29 is 4.74 Å². The van der Waals surface area contributed by atoms with E-state index >= 15 is 0 Å². The van der Waals surface area contributed by atoms with Gasteiger partial charge >= 0.3 is 0 Å². The molecule has 0 aliphatic carbocycles. The lowest BCUT2D eigenvalue weighted by Crippen LogP contribution is -2.44. The number of thiazole rings is 1. The molecule has 5 heteroatoms. The summed E-state index contributed by atoms with van der Waals surface area (Å²) in [6.07, 6.45) is 0.305. The Morgan fingerprint density at radius 2 is 2.62 bits per heavy atom. The average molecular weight is 241 g/mol. The Kier molecular flexibility index (Phi) is 4.29. The van der Waals surface area contributed by atoms with Crippen molar-refractivity contribution in [2.24, 2.45) is 0 Å². The third kappa shape index (κ3) is 3.01. The summed E-state index contributed by atoms with van der Waals surface area (Å²) < 4.78 is 5.69. The van der Waals surface area contributed by atoms with Gasteiger partial charge in [-0.15, -0.1) is 11.3 Å². The molecule has 0 bridgehead atoms. The molecule has 4 nitrogen and oxygen atoms in total. The lowest BCUT2D eigenvalue weighted by atomic mass is 10.2. The molecule has 1 aromatic heterocycles. The predicted octanol–water partition coefficient (Wildman–Crippen LogP) is 1.12. The van der Waals surface area contributed by atoms with Gasteiger partial charge < -0.3 is 10.1 Å². The highest BCUT2D eigenvalue weighted by molar-refractivity contribution is 7.07. The fraction of sp³-hybridized carbons (Fsp3) is 0.727. The number of nitrogens with one attached hydrogen (secondary N) is 1. The van der Waals surface area contributed by atoms with E-state index in [0.717, 1.165) is 31.9 Å². The highest BCUT2D eigenvalue weighted by Crippen LogP contribution is 2.18. The Morgan fingerprint density at radius 3 is 3.25 bits per heavy atom. The molecule has 2 unspecified atom stereocenters. The number of hydrogen-bond donors (Lipinski definition) is 1. The summed E-state index contributed by atoms with van der Waals surface area (Å²) in [5, 5.41) is 5.46. The molecule has 0 saturated carbocycles. The second-order valence-corrected chi connectivity index (χ2v) is 4.94. The number of likely N-dealkylation sites (N-methyl/N-ethyl adjacent to an activating group) is 1. The summed E-state index contributed by atoms with van der Waals surface area (Å²) in [7, 11) is 2.13. The van der Waals surface area contributed by atoms with Crippen molar-refractivity contribution >= 4 is 11.3 Å². The number of nitrogens with zero attached hydrogens (tertiary/aromatic N) is 2. The highest BCUT2D eigenvalue weighted by atomic mass is 32.1. The molecule has 1 aromatic rings. The van der Waals surface area contributed by atoms with Crippen LogP contribution in [-0.2, 0) is 4.74 Å². The molecule has 1 saturated heterocycles. The summed E-state index contributed by atoms with van der Waals surface area (Å²) in [5.74, 6) is 0. The molecule has 90 valence electrons. The summed E-state index contributed by atoms with van der Waals surface area (Å²) in [5.41, 5.74) is 3.04. The maximum atomic E-state index is 5.69. The van der Waals surface area contributed by atoms with Crippen LogP contribution in [0, 0.1) is 0 Å². The maximum absolute atomic E-state index is 5.69. The van der Waals surface area contributed by atoms with Gasteiger partial charge in [-0.2, -0.15) is 0 Å². The third-order valence-corrected chi connectivity index (χ3v) is 3.64. The van der Waals surface area contributed by atoms with Crippen LogP contribution in [0.1, 0.15) is 18.7 Å². The van der Waals surface area contributed by atoms with Crippen LogP contribution < -0.4 is 5.32 Å². The molecule has 1 fully saturated rings. The Morgan fingerprint density at radius 1 is 1.75 bits per heavy atom. The fourth-order valence-corrected chi connectivity index (χ4v) is 2.51. The van der Waals surface area contributed by atoms with Crippen LogP contribution in [0.5, 0.6) is 0 Å². The van der Waals surface area contributed by atoms with Crippen LogP contribution >= 0.6 is 11.3 Å². The van der Waals surface area contributed by atoms with Crippen LogP contribution in [0.15, 0.2) is 10.9 Å². The van der Waals surface area contributed by atoms with Gasteiger partial charge in [0.25, 0.3) is 0 Å². The van der Waals surface area contributed by atoms with Gasteiger partial charge in [-0.05, 0) is 14.0 Å². The number of aromatic nitrogens is 1. The van der Waals surface area contributed by atoms with Gasteiger partial charge in [-0.1, -0.05) is 0 Å². The summed E-state index contributed by atoms with van der Waals surface area (Å²) in [6.45, 7) is 5.89. The van der Waals surface area contributed by atoms with Crippen molar-refractivity contribution in [1.29, 1.82) is 0 Å². The molecule has 0 spiro atoms. The standard InChI is InChI=1S/C11H19N3OS/c1-9(11-7-16-8-13-11)14(2)6-10-5-12-3-4-15-10/h7-10,12H,3-6H2,1-2H3. The number of hydrogen-bond acceptors (Lipinski definition) is 5. The van der Waals surface area contributed by atoms with Crippen molar-refractivity contribution in [3.63, 3.8) is 0 Å². The molecule has 0 aromatic carbocycles. The van der Waals surface area contributed by atoms with Crippen molar-refractivity contribution in [1.82, 2.24) is 15.2 Å². The first-order chi connectivity index (χ1) is 7.77.